The summed E-state index contributed by atoms with van der Waals surface area (Å²) in [5.74, 6) is -0.471. The van der Waals surface area contributed by atoms with Gasteiger partial charge in [0.2, 0.25) is 0 Å². The second-order valence-corrected chi connectivity index (χ2v) is 9.34. The molecule has 0 aliphatic carbocycles. The number of hydrogen-bond donors (Lipinski definition) is 1. The number of carbonyl (C=O) groups excluding carboxylic acids is 3. The van der Waals surface area contributed by atoms with Crippen LogP contribution < -0.4 is 19.7 Å². The zero-order chi connectivity index (χ0) is 26.5. The fourth-order valence-electron chi connectivity index (χ4n) is 3.63. The maximum atomic E-state index is 13.6. The van der Waals surface area contributed by atoms with Gasteiger partial charge in [-0.25, -0.2) is 9.69 Å². The number of methoxy groups -OCH3 is 2. The number of imide groups is 1. The van der Waals surface area contributed by atoms with Gasteiger partial charge in [0.05, 0.1) is 37.3 Å². The topological polar surface area (TPSA) is 94.2 Å². The van der Waals surface area contributed by atoms with E-state index in [0.717, 1.165) is 9.80 Å². The Morgan fingerprint density at radius 3 is 2.22 bits per heavy atom. The number of anilines is 2. The fourth-order valence-corrected chi connectivity index (χ4v) is 4.58. The molecular formula is C28H26N2O6S. The van der Waals surface area contributed by atoms with E-state index < -0.39 is 17.8 Å². The number of ether oxygens (including phenoxy) is 3. The molecule has 8 nitrogen and oxygen atoms in total. The van der Waals surface area contributed by atoms with E-state index in [0.29, 0.717) is 28.4 Å². The summed E-state index contributed by atoms with van der Waals surface area (Å²) in [6, 6.07) is 20.6. The maximum absolute atomic E-state index is 13.6. The van der Waals surface area contributed by atoms with Gasteiger partial charge >= 0.3 is 5.97 Å². The molecule has 1 N–H and O–H groups in total. The Bertz CT molecular complexity index is 1350. The number of rotatable bonds is 9. The minimum absolute atomic E-state index is 0.105. The van der Waals surface area contributed by atoms with Crippen molar-refractivity contribution in [3.63, 3.8) is 0 Å². The van der Waals surface area contributed by atoms with Crippen molar-refractivity contribution in [1.82, 2.24) is 0 Å². The molecule has 0 bridgehead atoms. The van der Waals surface area contributed by atoms with Crippen molar-refractivity contribution in [3.05, 3.63) is 89.0 Å². The van der Waals surface area contributed by atoms with Crippen LogP contribution in [0.15, 0.2) is 88.3 Å². The zero-order valence-corrected chi connectivity index (χ0v) is 21.6. The summed E-state index contributed by atoms with van der Waals surface area (Å²) in [6.07, 6.45) is -0.266. The van der Waals surface area contributed by atoms with E-state index in [1.165, 1.54) is 38.1 Å². The third-order valence-corrected chi connectivity index (χ3v) is 6.47. The average Bonchev–Trinajstić information content (AvgIpc) is 3.12. The molecule has 2 amide bonds. The minimum Gasteiger partial charge on any atom is -0.497 e. The number of benzene rings is 3. The van der Waals surface area contributed by atoms with E-state index >= 15 is 0 Å². The van der Waals surface area contributed by atoms with Crippen LogP contribution in [-0.2, 0) is 14.3 Å². The van der Waals surface area contributed by atoms with E-state index in [9.17, 15) is 14.4 Å². The predicted octanol–water partition coefficient (Wildman–Crippen LogP) is 5.26. The molecule has 3 aromatic rings. The summed E-state index contributed by atoms with van der Waals surface area (Å²) in [7, 11) is 3.05. The van der Waals surface area contributed by atoms with Gasteiger partial charge in [-0.3, -0.25) is 9.59 Å². The van der Waals surface area contributed by atoms with E-state index in [1.54, 1.807) is 44.2 Å². The number of nitrogens with one attached hydrogen (secondary N) is 1. The van der Waals surface area contributed by atoms with E-state index in [4.69, 9.17) is 14.2 Å². The van der Waals surface area contributed by atoms with Gasteiger partial charge in [-0.05, 0) is 62.4 Å². The molecule has 0 fully saturated rings. The van der Waals surface area contributed by atoms with Gasteiger partial charge in [0.25, 0.3) is 11.8 Å². The third-order valence-electron chi connectivity index (χ3n) is 5.37. The van der Waals surface area contributed by atoms with Gasteiger partial charge in [-0.15, -0.1) is 0 Å². The Hall–Kier alpha value is -4.24. The van der Waals surface area contributed by atoms with Crippen molar-refractivity contribution in [2.24, 2.45) is 0 Å². The van der Waals surface area contributed by atoms with E-state index in [2.05, 4.69) is 5.32 Å². The minimum atomic E-state index is -0.536. The van der Waals surface area contributed by atoms with Gasteiger partial charge in [0.1, 0.15) is 22.1 Å². The molecule has 3 aromatic carbocycles. The number of amides is 2. The quantitative estimate of drug-likeness (QED) is 0.303. The molecule has 0 unspecified atom stereocenters. The largest absolute Gasteiger partial charge is 0.497 e. The highest BCUT2D eigenvalue weighted by Crippen LogP contribution is 2.39. The van der Waals surface area contributed by atoms with Gasteiger partial charge in [-0.1, -0.05) is 30.0 Å². The monoisotopic (exact) mass is 518 g/mol. The van der Waals surface area contributed by atoms with Gasteiger partial charge in [0.15, 0.2) is 0 Å². The van der Waals surface area contributed by atoms with Crippen molar-refractivity contribution < 1.29 is 28.6 Å². The lowest BCUT2D eigenvalue weighted by atomic mass is 10.2. The van der Waals surface area contributed by atoms with Crippen molar-refractivity contribution >= 4 is 40.9 Å². The summed E-state index contributed by atoms with van der Waals surface area (Å²) in [5.41, 5.74) is 1.23. The molecule has 0 saturated heterocycles. The molecule has 1 aliphatic heterocycles. The lowest BCUT2D eigenvalue weighted by molar-refractivity contribution is -0.120. The second kappa shape index (κ2) is 11.2. The lowest BCUT2D eigenvalue weighted by Gasteiger charge is -2.16. The van der Waals surface area contributed by atoms with E-state index in [-0.39, 0.29) is 16.7 Å². The number of thioether (sulfide) groups is 1. The van der Waals surface area contributed by atoms with Crippen LogP contribution in [-0.4, -0.2) is 38.1 Å². The maximum Gasteiger partial charge on any atom is 0.338 e. The highest BCUT2D eigenvalue weighted by Gasteiger charge is 2.40. The molecule has 0 aromatic heterocycles. The lowest BCUT2D eigenvalue weighted by Crippen LogP contribution is -2.32. The Kier molecular flexibility index (Phi) is 7.83. The Morgan fingerprint density at radius 2 is 1.59 bits per heavy atom. The van der Waals surface area contributed by atoms with Crippen LogP contribution in [0.5, 0.6) is 11.5 Å². The summed E-state index contributed by atoms with van der Waals surface area (Å²) in [4.78, 5) is 41.6. The van der Waals surface area contributed by atoms with Crippen LogP contribution >= 0.6 is 11.8 Å². The Balaban J connectivity index is 1.71. The van der Waals surface area contributed by atoms with Crippen LogP contribution in [0.1, 0.15) is 24.2 Å². The molecule has 0 radical (unpaired) electrons. The predicted molar refractivity (Wildman–Crippen MR) is 142 cm³/mol. The normalized spacial score (nSPS) is 13.3. The van der Waals surface area contributed by atoms with Crippen LogP contribution in [0.2, 0.25) is 0 Å². The summed E-state index contributed by atoms with van der Waals surface area (Å²) in [5, 5.41) is 3.10. The molecule has 0 atom stereocenters. The van der Waals surface area contributed by atoms with Crippen LogP contribution in [0.3, 0.4) is 0 Å². The van der Waals surface area contributed by atoms with Gasteiger partial charge in [-0.2, -0.15) is 0 Å². The number of hydrogen-bond acceptors (Lipinski definition) is 8. The van der Waals surface area contributed by atoms with Crippen molar-refractivity contribution in [2.75, 3.05) is 24.4 Å². The second-order valence-electron chi connectivity index (χ2n) is 8.26. The van der Waals surface area contributed by atoms with Crippen LogP contribution in [0.4, 0.5) is 11.4 Å². The first-order valence-electron chi connectivity index (χ1n) is 11.5. The molecule has 1 heterocycles. The summed E-state index contributed by atoms with van der Waals surface area (Å²) >= 11 is 1.19. The standard InChI is InChI=1S/C28H26N2O6S/c1-17(2)36-28(33)18-10-12-19(13-11-18)30-26(31)24(25(27(30)32)37-21-8-6-5-7-9-21)29-22-16-20(34-3)14-15-23(22)35-4/h5-17,29H,1-4H3. The Labute approximate surface area is 219 Å². The van der Waals surface area contributed by atoms with E-state index in [1.807, 2.05) is 30.3 Å². The highest BCUT2D eigenvalue weighted by atomic mass is 32.2. The fraction of sp³-hybridized carbons (Fsp3) is 0.179. The molecule has 1 aliphatic rings. The van der Waals surface area contributed by atoms with Gasteiger partial charge in [0, 0.05) is 11.0 Å². The first-order chi connectivity index (χ1) is 17.8. The number of esters is 1. The molecule has 9 heteroatoms. The van der Waals surface area contributed by atoms with Crippen LogP contribution in [0, 0.1) is 0 Å². The van der Waals surface area contributed by atoms with Gasteiger partial charge < -0.3 is 19.5 Å². The smallest absolute Gasteiger partial charge is 0.338 e. The third kappa shape index (κ3) is 5.62. The first-order valence-corrected chi connectivity index (χ1v) is 12.3. The summed E-state index contributed by atoms with van der Waals surface area (Å²) in [6.45, 7) is 3.52. The molecule has 0 saturated carbocycles. The Morgan fingerprint density at radius 1 is 0.892 bits per heavy atom. The van der Waals surface area contributed by atoms with Crippen LogP contribution in [0.25, 0.3) is 0 Å². The molecule has 0 spiro atoms. The zero-order valence-electron chi connectivity index (χ0n) is 20.8. The van der Waals surface area contributed by atoms with Crippen molar-refractivity contribution in [1.29, 1.82) is 0 Å². The number of carbonyl (C=O) groups is 3. The SMILES string of the molecule is COc1ccc(OC)c(NC2=C(Sc3ccccc3)C(=O)N(c3ccc(C(=O)OC(C)C)cc3)C2=O)c1. The molecule has 190 valence electrons. The number of nitrogens with zero attached hydrogens (tertiary/aromatic N) is 1. The molecule has 37 heavy (non-hydrogen) atoms. The molecular weight excluding hydrogens is 492 g/mol. The first kappa shape index (κ1) is 25.8. The average molecular weight is 519 g/mol. The molecule has 4 rings (SSSR count). The van der Waals surface area contributed by atoms with Crippen molar-refractivity contribution in [3.8, 4) is 11.5 Å². The van der Waals surface area contributed by atoms with Crippen molar-refractivity contribution in [2.45, 2.75) is 24.8 Å². The summed E-state index contributed by atoms with van der Waals surface area (Å²) < 4.78 is 16.0. The highest BCUT2D eigenvalue weighted by molar-refractivity contribution is 8.04.